The normalized spacial score (nSPS) is 12.4. The molecule has 102 valence electrons. The van der Waals surface area contributed by atoms with Crippen LogP contribution in [0.5, 0.6) is 0 Å². The van der Waals surface area contributed by atoms with E-state index in [0.717, 1.165) is 36.0 Å². The second-order valence-corrected chi connectivity index (χ2v) is 5.39. The van der Waals surface area contributed by atoms with Crippen LogP contribution in [0.2, 0.25) is 0 Å². The number of aromatic nitrogens is 2. The fourth-order valence-electron chi connectivity index (χ4n) is 1.59. The van der Waals surface area contributed by atoms with Crippen molar-refractivity contribution < 1.29 is 5.11 Å². The van der Waals surface area contributed by atoms with Crippen molar-refractivity contribution in [3.05, 3.63) is 11.9 Å². The van der Waals surface area contributed by atoms with Crippen LogP contribution >= 0.6 is 11.8 Å². The molecule has 1 heterocycles. The van der Waals surface area contributed by atoms with Gasteiger partial charge in [0.15, 0.2) is 0 Å². The highest BCUT2D eigenvalue weighted by Gasteiger charge is 2.12. The Bertz CT molecular complexity index is 360. The zero-order chi connectivity index (χ0) is 13.4. The molecule has 0 aliphatic carbocycles. The quantitative estimate of drug-likeness (QED) is 0.561. The Morgan fingerprint density at radius 1 is 1.39 bits per heavy atom. The number of aliphatic hydroxyl groups is 1. The average Bonchev–Trinajstić information content (AvgIpc) is 2.39. The molecular weight excluding hydrogens is 246 g/mol. The number of hydrogen-bond acceptors (Lipinski definition) is 5. The van der Waals surface area contributed by atoms with E-state index in [4.69, 9.17) is 5.11 Å². The van der Waals surface area contributed by atoms with Crippen LogP contribution in [-0.4, -0.2) is 34.0 Å². The molecule has 1 aromatic rings. The SMILES string of the molecule is CCCc1c(NCC)ncnc1SCC(C)CO. The van der Waals surface area contributed by atoms with Gasteiger partial charge in [0.05, 0.1) is 0 Å². The van der Waals surface area contributed by atoms with Crippen LogP contribution in [0.1, 0.15) is 32.8 Å². The van der Waals surface area contributed by atoms with Gasteiger partial charge in [0.1, 0.15) is 17.2 Å². The molecule has 0 radical (unpaired) electrons. The molecule has 0 aliphatic heterocycles. The average molecular weight is 269 g/mol. The summed E-state index contributed by atoms with van der Waals surface area (Å²) in [6, 6.07) is 0. The van der Waals surface area contributed by atoms with Gasteiger partial charge in [-0.1, -0.05) is 20.3 Å². The Morgan fingerprint density at radius 3 is 2.78 bits per heavy atom. The topological polar surface area (TPSA) is 58.0 Å². The fraction of sp³-hybridized carbons (Fsp3) is 0.692. The summed E-state index contributed by atoms with van der Waals surface area (Å²) in [5.41, 5.74) is 1.21. The van der Waals surface area contributed by atoms with Crippen molar-refractivity contribution in [2.24, 2.45) is 5.92 Å². The monoisotopic (exact) mass is 269 g/mol. The highest BCUT2D eigenvalue weighted by Crippen LogP contribution is 2.27. The molecule has 5 heteroatoms. The maximum absolute atomic E-state index is 9.07. The molecule has 0 spiro atoms. The largest absolute Gasteiger partial charge is 0.396 e. The van der Waals surface area contributed by atoms with Crippen molar-refractivity contribution in [3.63, 3.8) is 0 Å². The molecule has 0 amide bonds. The van der Waals surface area contributed by atoms with E-state index in [0.29, 0.717) is 5.92 Å². The van der Waals surface area contributed by atoms with Gasteiger partial charge in [0, 0.05) is 24.5 Å². The predicted octanol–water partition coefficient (Wildman–Crippen LogP) is 2.58. The minimum atomic E-state index is 0.223. The van der Waals surface area contributed by atoms with Crippen molar-refractivity contribution in [3.8, 4) is 0 Å². The molecule has 2 N–H and O–H groups in total. The number of nitrogens with zero attached hydrogens (tertiary/aromatic N) is 2. The third-order valence-electron chi connectivity index (χ3n) is 2.57. The minimum Gasteiger partial charge on any atom is -0.396 e. The number of anilines is 1. The van der Waals surface area contributed by atoms with E-state index >= 15 is 0 Å². The standard InChI is InChI=1S/C13H23N3OS/c1-4-6-11-12(14-5-2)15-9-16-13(11)18-8-10(3)7-17/h9-10,17H,4-8H2,1-3H3,(H,14,15,16). The molecule has 0 saturated carbocycles. The van der Waals surface area contributed by atoms with Gasteiger partial charge >= 0.3 is 0 Å². The third-order valence-corrected chi connectivity index (χ3v) is 3.93. The predicted molar refractivity (Wildman–Crippen MR) is 77.2 cm³/mol. The van der Waals surface area contributed by atoms with Gasteiger partial charge in [0.2, 0.25) is 0 Å². The van der Waals surface area contributed by atoms with Crippen LogP contribution in [0.3, 0.4) is 0 Å². The zero-order valence-corrected chi connectivity index (χ0v) is 12.3. The Hall–Kier alpha value is -0.810. The maximum Gasteiger partial charge on any atom is 0.133 e. The number of rotatable bonds is 8. The van der Waals surface area contributed by atoms with Gasteiger partial charge in [-0.25, -0.2) is 9.97 Å². The molecule has 4 nitrogen and oxygen atoms in total. The molecule has 0 fully saturated rings. The summed E-state index contributed by atoms with van der Waals surface area (Å²) < 4.78 is 0. The summed E-state index contributed by atoms with van der Waals surface area (Å²) in [5.74, 6) is 2.13. The van der Waals surface area contributed by atoms with Crippen LogP contribution in [0.15, 0.2) is 11.4 Å². The van der Waals surface area contributed by atoms with E-state index in [1.807, 2.05) is 6.92 Å². The second kappa shape index (κ2) is 8.32. The second-order valence-electron chi connectivity index (χ2n) is 4.39. The van der Waals surface area contributed by atoms with Gasteiger partial charge in [-0.3, -0.25) is 0 Å². The number of thioether (sulfide) groups is 1. The molecule has 0 aromatic carbocycles. The van der Waals surface area contributed by atoms with E-state index < -0.39 is 0 Å². The van der Waals surface area contributed by atoms with Crippen LogP contribution < -0.4 is 5.32 Å². The van der Waals surface area contributed by atoms with Crippen LogP contribution in [0.4, 0.5) is 5.82 Å². The number of aliphatic hydroxyl groups excluding tert-OH is 1. The van der Waals surface area contributed by atoms with Crippen molar-refractivity contribution in [2.45, 2.75) is 38.6 Å². The van der Waals surface area contributed by atoms with Crippen LogP contribution in [0.25, 0.3) is 0 Å². The molecule has 1 aromatic heterocycles. The molecule has 0 saturated heterocycles. The molecule has 1 unspecified atom stereocenters. The first kappa shape index (κ1) is 15.2. The first-order valence-corrected chi connectivity index (χ1v) is 7.52. The molecule has 18 heavy (non-hydrogen) atoms. The zero-order valence-electron chi connectivity index (χ0n) is 11.4. The Morgan fingerprint density at radius 2 is 2.17 bits per heavy atom. The summed E-state index contributed by atoms with van der Waals surface area (Å²) in [6.45, 7) is 7.36. The summed E-state index contributed by atoms with van der Waals surface area (Å²) in [5, 5.41) is 13.4. The summed E-state index contributed by atoms with van der Waals surface area (Å²) >= 11 is 1.71. The molecule has 0 bridgehead atoms. The highest BCUT2D eigenvalue weighted by molar-refractivity contribution is 7.99. The first-order valence-electron chi connectivity index (χ1n) is 6.54. The highest BCUT2D eigenvalue weighted by atomic mass is 32.2. The molecule has 0 aliphatic rings. The van der Waals surface area contributed by atoms with Gasteiger partial charge < -0.3 is 10.4 Å². The van der Waals surface area contributed by atoms with Gasteiger partial charge in [-0.05, 0) is 19.3 Å². The minimum absolute atomic E-state index is 0.223. The van der Waals surface area contributed by atoms with Crippen molar-refractivity contribution in [1.82, 2.24) is 9.97 Å². The number of nitrogens with one attached hydrogen (secondary N) is 1. The lowest BCUT2D eigenvalue weighted by Crippen LogP contribution is -2.08. The van der Waals surface area contributed by atoms with Crippen molar-refractivity contribution in [2.75, 3.05) is 24.2 Å². The van der Waals surface area contributed by atoms with Gasteiger partial charge in [-0.15, -0.1) is 11.8 Å². The molecule has 1 rings (SSSR count). The Labute approximate surface area is 114 Å². The Kier molecular flexibility index (Phi) is 7.05. The van der Waals surface area contributed by atoms with E-state index in [1.165, 1.54) is 5.56 Å². The van der Waals surface area contributed by atoms with Crippen LogP contribution in [0, 0.1) is 5.92 Å². The molecule has 1 atom stereocenters. The van der Waals surface area contributed by atoms with Gasteiger partial charge in [-0.2, -0.15) is 0 Å². The summed E-state index contributed by atoms with van der Waals surface area (Å²) in [6.07, 6.45) is 3.68. The third kappa shape index (κ3) is 4.46. The Balaban J connectivity index is 2.84. The fourth-order valence-corrected chi connectivity index (χ4v) is 2.63. The van der Waals surface area contributed by atoms with Crippen molar-refractivity contribution >= 4 is 17.6 Å². The van der Waals surface area contributed by atoms with Crippen LogP contribution in [-0.2, 0) is 6.42 Å². The molecular formula is C13H23N3OS. The van der Waals surface area contributed by atoms with E-state index in [-0.39, 0.29) is 6.61 Å². The smallest absolute Gasteiger partial charge is 0.133 e. The van der Waals surface area contributed by atoms with E-state index in [2.05, 4.69) is 29.1 Å². The maximum atomic E-state index is 9.07. The van der Waals surface area contributed by atoms with Crippen molar-refractivity contribution in [1.29, 1.82) is 0 Å². The first-order chi connectivity index (χ1) is 8.72. The van der Waals surface area contributed by atoms with E-state index in [9.17, 15) is 0 Å². The number of hydrogen-bond donors (Lipinski definition) is 2. The van der Waals surface area contributed by atoms with Gasteiger partial charge in [0.25, 0.3) is 0 Å². The summed E-state index contributed by atoms with van der Waals surface area (Å²) in [4.78, 5) is 8.69. The van der Waals surface area contributed by atoms with E-state index in [1.54, 1.807) is 18.1 Å². The lowest BCUT2D eigenvalue weighted by molar-refractivity contribution is 0.250. The lowest BCUT2D eigenvalue weighted by atomic mass is 10.2. The lowest BCUT2D eigenvalue weighted by Gasteiger charge is -2.13. The summed E-state index contributed by atoms with van der Waals surface area (Å²) in [7, 11) is 0.